The summed E-state index contributed by atoms with van der Waals surface area (Å²) in [6.45, 7) is 10.3. The molecule has 5 nitrogen and oxygen atoms in total. The quantitative estimate of drug-likeness (QED) is 0.751. The van der Waals surface area contributed by atoms with Crippen LogP contribution in [0.1, 0.15) is 30.4 Å². The highest BCUT2D eigenvalue weighted by atomic mass is 32.1. The third-order valence-electron chi connectivity index (χ3n) is 2.36. The van der Waals surface area contributed by atoms with Gasteiger partial charge in [-0.05, 0) is 20.8 Å². The van der Waals surface area contributed by atoms with Crippen LogP contribution in [-0.2, 0) is 0 Å². The smallest absolute Gasteiger partial charge is 0.265 e. The van der Waals surface area contributed by atoms with Crippen molar-refractivity contribution in [3.63, 3.8) is 0 Å². The minimum Gasteiger partial charge on any atom is -0.389 e. The first-order valence-corrected chi connectivity index (χ1v) is 7.01. The van der Waals surface area contributed by atoms with Gasteiger partial charge >= 0.3 is 0 Å². The zero-order valence-electron chi connectivity index (χ0n) is 11.6. The molecule has 0 aliphatic carbocycles. The van der Waals surface area contributed by atoms with E-state index >= 15 is 0 Å². The molecule has 19 heavy (non-hydrogen) atoms. The Morgan fingerprint density at radius 3 is 2.89 bits per heavy atom. The van der Waals surface area contributed by atoms with Crippen LogP contribution in [0.25, 0.3) is 0 Å². The van der Waals surface area contributed by atoms with Gasteiger partial charge in [-0.2, -0.15) is 0 Å². The summed E-state index contributed by atoms with van der Waals surface area (Å²) in [6.07, 6.45) is 3.29. The molecule has 0 saturated carbocycles. The van der Waals surface area contributed by atoms with Crippen LogP contribution in [0, 0.1) is 0 Å². The van der Waals surface area contributed by atoms with Crippen LogP contribution < -0.4 is 5.32 Å². The second-order valence-corrected chi connectivity index (χ2v) is 5.86. The number of anilines is 1. The number of hydrogen-bond donors (Lipinski definition) is 2. The number of rotatable bonds is 7. The number of nitrogens with zero attached hydrogens (tertiary/aromatic N) is 2. The Bertz CT molecular complexity index is 437. The predicted octanol–water partition coefficient (Wildman–Crippen LogP) is 1.97. The summed E-state index contributed by atoms with van der Waals surface area (Å²) in [5.41, 5.74) is -0.903. The third kappa shape index (κ3) is 5.00. The van der Waals surface area contributed by atoms with Crippen LogP contribution >= 0.6 is 11.3 Å². The van der Waals surface area contributed by atoms with E-state index < -0.39 is 5.60 Å². The van der Waals surface area contributed by atoms with Gasteiger partial charge < -0.3 is 15.3 Å². The molecule has 0 aliphatic rings. The Morgan fingerprint density at radius 1 is 1.68 bits per heavy atom. The highest BCUT2D eigenvalue weighted by Crippen LogP contribution is 2.20. The summed E-state index contributed by atoms with van der Waals surface area (Å²) in [4.78, 5) is 18.6. The van der Waals surface area contributed by atoms with Crippen molar-refractivity contribution in [3.8, 4) is 0 Å². The van der Waals surface area contributed by atoms with Gasteiger partial charge in [0.15, 0.2) is 5.13 Å². The van der Waals surface area contributed by atoms with Crippen molar-refractivity contribution in [2.75, 3.05) is 25.0 Å². The molecule has 0 saturated heterocycles. The number of aliphatic hydroxyl groups is 1. The standard InChI is InChI=1S/C13H21N3O2S/c1-5-7-14-12-15-8-10(19-12)11(17)16(6-2)9-13(3,4)18/h5,8,18H,1,6-7,9H2,2-4H3,(H,14,15). The highest BCUT2D eigenvalue weighted by molar-refractivity contribution is 7.17. The SMILES string of the molecule is C=CCNc1ncc(C(=O)N(CC)CC(C)(C)O)s1. The molecule has 106 valence electrons. The lowest BCUT2D eigenvalue weighted by molar-refractivity contribution is 0.0317. The van der Waals surface area contributed by atoms with E-state index in [4.69, 9.17) is 0 Å². The summed E-state index contributed by atoms with van der Waals surface area (Å²) >= 11 is 1.31. The maximum atomic E-state index is 12.3. The molecule has 0 spiro atoms. The summed E-state index contributed by atoms with van der Waals surface area (Å²) in [7, 11) is 0. The van der Waals surface area contributed by atoms with Gasteiger partial charge in [0.05, 0.1) is 11.8 Å². The van der Waals surface area contributed by atoms with E-state index in [0.717, 1.165) is 0 Å². The van der Waals surface area contributed by atoms with Gasteiger partial charge in [-0.15, -0.1) is 6.58 Å². The van der Waals surface area contributed by atoms with E-state index in [1.807, 2.05) is 6.92 Å². The van der Waals surface area contributed by atoms with Gasteiger partial charge in [0.25, 0.3) is 5.91 Å². The number of aromatic nitrogens is 1. The predicted molar refractivity (Wildman–Crippen MR) is 78.7 cm³/mol. The Morgan fingerprint density at radius 2 is 2.37 bits per heavy atom. The maximum Gasteiger partial charge on any atom is 0.265 e. The molecule has 6 heteroatoms. The molecule has 1 aromatic rings. The number of amides is 1. The van der Waals surface area contributed by atoms with Gasteiger partial charge in [0.1, 0.15) is 4.88 Å². The van der Waals surface area contributed by atoms with E-state index in [-0.39, 0.29) is 5.91 Å². The van der Waals surface area contributed by atoms with E-state index in [1.165, 1.54) is 11.3 Å². The highest BCUT2D eigenvalue weighted by Gasteiger charge is 2.23. The zero-order valence-corrected chi connectivity index (χ0v) is 12.5. The molecule has 0 radical (unpaired) electrons. The monoisotopic (exact) mass is 283 g/mol. The second-order valence-electron chi connectivity index (χ2n) is 4.83. The Balaban J connectivity index is 2.74. The largest absolute Gasteiger partial charge is 0.389 e. The van der Waals surface area contributed by atoms with Crippen molar-refractivity contribution in [3.05, 3.63) is 23.7 Å². The summed E-state index contributed by atoms with van der Waals surface area (Å²) in [5.74, 6) is -0.103. The zero-order chi connectivity index (χ0) is 14.5. The molecule has 1 amide bonds. The van der Waals surface area contributed by atoms with Crippen LogP contribution in [0.3, 0.4) is 0 Å². The molecular weight excluding hydrogens is 262 g/mol. The van der Waals surface area contributed by atoms with Crippen LogP contribution in [0.5, 0.6) is 0 Å². The normalized spacial score (nSPS) is 11.2. The molecule has 0 fully saturated rings. The van der Waals surface area contributed by atoms with E-state index in [0.29, 0.717) is 29.6 Å². The second kappa shape index (κ2) is 6.68. The number of carbonyl (C=O) groups is 1. The topological polar surface area (TPSA) is 65.5 Å². The molecule has 0 atom stereocenters. The molecular formula is C13H21N3O2S. The van der Waals surface area contributed by atoms with Crippen molar-refractivity contribution in [2.24, 2.45) is 0 Å². The minimum atomic E-state index is -0.903. The van der Waals surface area contributed by atoms with Gasteiger partial charge in [0, 0.05) is 19.6 Å². The maximum absolute atomic E-state index is 12.3. The molecule has 0 aliphatic heterocycles. The summed E-state index contributed by atoms with van der Waals surface area (Å²) in [6, 6.07) is 0. The molecule has 0 bridgehead atoms. The van der Waals surface area contributed by atoms with E-state index in [2.05, 4.69) is 16.9 Å². The first kappa shape index (κ1) is 15.7. The van der Waals surface area contributed by atoms with Crippen molar-refractivity contribution in [1.82, 2.24) is 9.88 Å². The molecule has 1 rings (SSSR count). The van der Waals surface area contributed by atoms with Crippen molar-refractivity contribution < 1.29 is 9.90 Å². The number of carbonyl (C=O) groups excluding carboxylic acids is 1. The minimum absolute atomic E-state index is 0.103. The van der Waals surface area contributed by atoms with Crippen molar-refractivity contribution >= 4 is 22.4 Å². The number of hydrogen-bond acceptors (Lipinski definition) is 5. The van der Waals surface area contributed by atoms with Gasteiger partial charge in [-0.1, -0.05) is 17.4 Å². The fraction of sp³-hybridized carbons (Fsp3) is 0.538. The van der Waals surface area contributed by atoms with Crippen molar-refractivity contribution in [2.45, 2.75) is 26.4 Å². The summed E-state index contributed by atoms with van der Waals surface area (Å²) < 4.78 is 0. The van der Waals surface area contributed by atoms with E-state index in [1.54, 1.807) is 31.0 Å². The van der Waals surface area contributed by atoms with Gasteiger partial charge in [-0.3, -0.25) is 4.79 Å². The first-order chi connectivity index (χ1) is 8.87. The lowest BCUT2D eigenvalue weighted by atomic mass is 10.1. The first-order valence-electron chi connectivity index (χ1n) is 6.19. The van der Waals surface area contributed by atoms with Crippen LogP contribution in [0.4, 0.5) is 5.13 Å². The Hall–Kier alpha value is -1.40. The Kier molecular flexibility index (Phi) is 5.50. The average molecular weight is 283 g/mol. The Labute approximate surface area is 118 Å². The van der Waals surface area contributed by atoms with Crippen LogP contribution in [0.2, 0.25) is 0 Å². The van der Waals surface area contributed by atoms with Gasteiger partial charge in [0.2, 0.25) is 0 Å². The van der Waals surface area contributed by atoms with Gasteiger partial charge in [-0.25, -0.2) is 4.98 Å². The number of nitrogens with one attached hydrogen (secondary N) is 1. The van der Waals surface area contributed by atoms with Crippen molar-refractivity contribution in [1.29, 1.82) is 0 Å². The lowest BCUT2D eigenvalue weighted by Crippen LogP contribution is -2.41. The molecule has 1 aromatic heterocycles. The third-order valence-corrected chi connectivity index (χ3v) is 3.30. The average Bonchev–Trinajstić information content (AvgIpc) is 2.80. The molecule has 0 aromatic carbocycles. The molecule has 2 N–H and O–H groups in total. The van der Waals surface area contributed by atoms with Crippen LogP contribution in [0.15, 0.2) is 18.9 Å². The fourth-order valence-electron chi connectivity index (χ4n) is 1.56. The molecule has 1 heterocycles. The fourth-order valence-corrected chi connectivity index (χ4v) is 2.36. The summed E-state index contributed by atoms with van der Waals surface area (Å²) in [5, 5.41) is 13.5. The van der Waals surface area contributed by atoms with Crippen LogP contribution in [-0.4, -0.2) is 46.1 Å². The molecule has 0 unspecified atom stereocenters. The van der Waals surface area contributed by atoms with E-state index in [9.17, 15) is 9.90 Å². The number of likely N-dealkylation sites (N-methyl/N-ethyl adjacent to an activating group) is 1. The number of thiazole rings is 1. The lowest BCUT2D eigenvalue weighted by Gasteiger charge is -2.27.